The van der Waals surface area contributed by atoms with Gasteiger partial charge in [-0.15, -0.1) is 0 Å². The average molecular weight is 373 g/mol. The Morgan fingerprint density at radius 1 is 1.27 bits per heavy atom. The van der Waals surface area contributed by atoms with Gasteiger partial charge >= 0.3 is 0 Å². The summed E-state index contributed by atoms with van der Waals surface area (Å²) in [5.74, 6) is 0.981. The lowest BCUT2D eigenvalue weighted by molar-refractivity contribution is -0.0552. The van der Waals surface area contributed by atoms with Gasteiger partial charge in [0.2, 0.25) is 0 Å². The first-order valence-corrected chi connectivity index (χ1v) is 9.80. The number of methoxy groups -OCH3 is 1. The second kappa shape index (κ2) is 7.97. The van der Waals surface area contributed by atoms with Gasteiger partial charge in [-0.05, 0) is 25.1 Å². The monoisotopic (exact) mass is 373 g/mol. The maximum atomic E-state index is 12.9. The molecule has 3 aromatic rings. The van der Waals surface area contributed by atoms with Crippen molar-refractivity contribution in [2.24, 2.45) is 7.05 Å². The number of aromatic nitrogens is 3. The van der Waals surface area contributed by atoms with Crippen LogP contribution in [0.15, 0.2) is 41.7 Å². The fourth-order valence-electron chi connectivity index (χ4n) is 2.79. The molecule has 0 spiro atoms. The number of imidazole rings is 1. The van der Waals surface area contributed by atoms with Gasteiger partial charge in [0.25, 0.3) is 0 Å². The summed E-state index contributed by atoms with van der Waals surface area (Å²) < 4.78 is 25.9. The zero-order valence-electron chi connectivity index (χ0n) is 15.4. The number of nitrogens with zero attached hydrogens (tertiary/aromatic N) is 3. The van der Waals surface area contributed by atoms with Crippen LogP contribution in [0.2, 0.25) is 0 Å². The van der Waals surface area contributed by atoms with E-state index in [1.807, 2.05) is 49.7 Å². The maximum Gasteiger partial charge on any atom is 0.200 e. The summed E-state index contributed by atoms with van der Waals surface area (Å²) in [5.41, 5.74) is 3.41. The molecule has 6 nitrogen and oxygen atoms in total. The minimum atomic E-state index is -1.31. The molecule has 0 aliphatic carbocycles. The fourth-order valence-corrected chi connectivity index (χ4v) is 4.06. The minimum absolute atomic E-state index is 0.282. The summed E-state index contributed by atoms with van der Waals surface area (Å²) in [4.78, 5) is 8.92. The predicted octanol–water partition coefficient (Wildman–Crippen LogP) is 3.35. The zero-order chi connectivity index (χ0) is 18.7. The summed E-state index contributed by atoms with van der Waals surface area (Å²) >= 11 is 0. The summed E-state index contributed by atoms with van der Waals surface area (Å²) in [6.07, 6.45) is 2.10. The van der Waals surface area contributed by atoms with Crippen molar-refractivity contribution in [3.05, 3.63) is 47.8 Å². The van der Waals surface area contributed by atoms with Crippen molar-refractivity contribution < 1.29 is 13.7 Å². The number of ether oxygens (including phenoxy) is 2. The highest BCUT2D eigenvalue weighted by Gasteiger charge is 2.18. The Morgan fingerprint density at radius 3 is 2.73 bits per heavy atom. The molecule has 0 bridgehead atoms. The highest BCUT2D eigenvalue weighted by molar-refractivity contribution is 7.84. The number of hydrogen-bond acceptors (Lipinski definition) is 5. The van der Waals surface area contributed by atoms with Crippen molar-refractivity contribution in [2.45, 2.75) is 37.5 Å². The van der Waals surface area contributed by atoms with Gasteiger partial charge in [-0.2, -0.15) is 0 Å². The smallest absolute Gasteiger partial charge is 0.200 e. The van der Waals surface area contributed by atoms with E-state index in [1.54, 1.807) is 19.4 Å². The molecule has 2 atom stereocenters. The van der Waals surface area contributed by atoms with Crippen molar-refractivity contribution in [1.29, 1.82) is 0 Å². The molecule has 1 aromatic carbocycles. The molecule has 2 heterocycles. The molecule has 138 valence electrons. The lowest BCUT2D eigenvalue weighted by atomic mass is 10.2. The second-order valence-electron chi connectivity index (χ2n) is 6.00. The van der Waals surface area contributed by atoms with Gasteiger partial charge in [0.1, 0.15) is 5.75 Å². The van der Waals surface area contributed by atoms with E-state index in [2.05, 4.69) is 9.97 Å². The van der Waals surface area contributed by atoms with E-state index in [0.717, 1.165) is 28.7 Å². The summed E-state index contributed by atoms with van der Waals surface area (Å²) in [6.45, 7) is 3.92. The van der Waals surface area contributed by atoms with E-state index in [1.165, 1.54) is 0 Å². The van der Waals surface area contributed by atoms with Crippen LogP contribution in [-0.4, -0.2) is 32.1 Å². The maximum absolute atomic E-state index is 12.9. The number of benzene rings is 1. The van der Waals surface area contributed by atoms with Crippen LogP contribution in [0.5, 0.6) is 5.75 Å². The lowest BCUT2D eigenvalue weighted by Gasteiger charge is -2.18. The van der Waals surface area contributed by atoms with E-state index >= 15 is 0 Å². The third-order valence-corrected chi connectivity index (χ3v) is 5.64. The Balaban J connectivity index is 1.86. The molecule has 0 radical (unpaired) electrons. The van der Waals surface area contributed by atoms with Crippen LogP contribution in [0.25, 0.3) is 11.0 Å². The normalized spacial score (nSPS) is 13.7. The van der Waals surface area contributed by atoms with E-state index in [0.29, 0.717) is 10.9 Å². The molecule has 0 fully saturated rings. The van der Waals surface area contributed by atoms with E-state index in [-0.39, 0.29) is 12.0 Å². The van der Waals surface area contributed by atoms with E-state index in [4.69, 9.17) is 9.47 Å². The Bertz CT molecular complexity index is 935. The molecule has 0 aliphatic heterocycles. The Morgan fingerprint density at radius 2 is 2.04 bits per heavy atom. The quantitative estimate of drug-likeness (QED) is 0.594. The molecule has 3 rings (SSSR count). The van der Waals surface area contributed by atoms with Crippen LogP contribution >= 0.6 is 0 Å². The van der Waals surface area contributed by atoms with E-state index in [9.17, 15) is 4.21 Å². The molecule has 0 saturated heterocycles. The predicted molar refractivity (Wildman–Crippen MR) is 102 cm³/mol. The highest BCUT2D eigenvalue weighted by Crippen LogP contribution is 2.24. The van der Waals surface area contributed by atoms with Crippen molar-refractivity contribution in [3.8, 4) is 5.75 Å². The molecule has 7 heteroatoms. The van der Waals surface area contributed by atoms with Crippen LogP contribution in [-0.2, 0) is 28.3 Å². The molecule has 2 aromatic heterocycles. The zero-order valence-corrected chi connectivity index (χ0v) is 16.2. The third kappa shape index (κ3) is 3.64. The molecule has 0 N–H and O–H groups in total. The first-order valence-electron chi connectivity index (χ1n) is 8.48. The van der Waals surface area contributed by atoms with Crippen LogP contribution in [0.3, 0.4) is 0 Å². The van der Waals surface area contributed by atoms with Crippen LogP contribution in [0.4, 0.5) is 0 Å². The third-order valence-electron chi connectivity index (χ3n) is 4.33. The fraction of sp³-hybridized carbons (Fsp3) is 0.368. The Kier molecular flexibility index (Phi) is 5.68. The minimum Gasteiger partial charge on any atom is -0.465 e. The van der Waals surface area contributed by atoms with Crippen LogP contribution in [0.1, 0.15) is 24.6 Å². The van der Waals surface area contributed by atoms with E-state index < -0.39 is 10.8 Å². The first kappa shape index (κ1) is 18.5. The van der Waals surface area contributed by atoms with Crippen LogP contribution < -0.4 is 4.74 Å². The Hall–Kier alpha value is -2.25. The molecular weight excluding hydrogens is 350 g/mol. The summed E-state index contributed by atoms with van der Waals surface area (Å²) in [6, 6.07) is 9.57. The number of para-hydroxylation sites is 2. The number of rotatable bonds is 7. The number of pyridine rings is 1. The molecule has 26 heavy (non-hydrogen) atoms. The highest BCUT2D eigenvalue weighted by atomic mass is 32.2. The number of aryl methyl sites for hydroxylation is 1. The molecular formula is C19H23N3O3S. The summed E-state index contributed by atoms with van der Waals surface area (Å²) in [5, 5.41) is 0.544. The van der Waals surface area contributed by atoms with Crippen LogP contribution in [0, 0.1) is 6.92 Å². The van der Waals surface area contributed by atoms with Gasteiger partial charge < -0.3 is 14.0 Å². The second-order valence-corrected chi connectivity index (χ2v) is 7.35. The van der Waals surface area contributed by atoms with Gasteiger partial charge in [-0.3, -0.25) is 9.19 Å². The molecule has 0 aliphatic rings. The largest absolute Gasteiger partial charge is 0.465 e. The van der Waals surface area contributed by atoms with Crippen molar-refractivity contribution in [3.63, 3.8) is 0 Å². The molecule has 2 unspecified atom stereocenters. The molecule has 0 saturated carbocycles. The number of hydrogen-bond donors (Lipinski definition) is 0. The topological polar surface area (TPSA) is 66.2 Å². The standard InChI is InChI=1S/C19H23N3O3S/c1-5-18(24-4)25-17-10-11-20-15(13(17)2)12-26(23)19-21-14-8-6-7-9-16(14)22(19)3/h6-11,18H,5,12H2,1-4H3. The van der Waals surface area contributed by atoms with Crippen molar-refractivity contribution in [1.82, 2.24) is 14.5 Å². The SMILES string of the molecule is CCC(OC)Oc1ccnc(CS(=O)c2nc3ccccc3n2C)c1C. The van der Waals surface area contributed by atoms with Gasteiger partial charge in [0.05, 0.1) is 33.3 Å². The van der Waals surface area contributed by atoms with Gasteiger partial charge in [0, 0.05) is 32.3 Å². The lowest BCUT2D eigenvalue weighted by Crippen LogP contribution is -2.18. The van der Waals surface area contributed by atoms with Crippen molar-refractivity contribution in [2.75, 3.05) is 7.11 Å². The Labute approximate surface area is 155 Å². The average Bonchev–Trinajstić information content (AvgIpc) is 2.99. The summed E-state index contributed by atoms with van der Waals surface area (Å²) in [7, 11) is 2.19. The van der Waals surface area contributed by atoms with Crippen molar-refractivity contribution >= 4 is 21.8 Å². The van der Waals surface area contributed by atoms with Gasteiger partial charge in [-0.1, -0.05) is 19.1 Å². The molecule has 0 amide bonds. The first-order chi connectivity index (χ1) is 12.5. The number of fused-ring (bicyclic) bond motifs is 1. The van der Waals surface area contributed by atoms with Gasteiger partial charge in [-0.25, -0.2) is 4.98 Å². The van der Waals surface area contributed by atoms with Gasteiger partial charge in [0.15, 0.2) is 11.4 Å².